The second-order valence-electron chi connectivity index (χ2n) is 5.36. The Bertz CT molecular complexity index is 958. The Hall–Kier alpha value is -3.61. The number of nitrogens with one attached hydrogen (secondary N) is 2. The Morgan fingerprint density at radius 2 is 1.88 bits per heavy atom. The van der Waals surface area contributed by atoms with Crippen LogP contribution in [0.2, 0.25) is 0 Å². The number of hydrogen-bond donors (Lipinski definition) is 2. The number of carbonyl (C=O) groups is 1. The molecule has 7 heteroatoms. The second-order valence-corrected chi connectivity index (χ2v) is 5.36. The summed E-state index contributed by atoms with van der Waals surface area (Å²) in [5, 5.41) is 9.17. The molecule has 4 rings (SSSR count). The van der Waals surface area contributed by atoms with Crippen molar-refractivity contribution < 1.29 is 13.7 Å². The molecule has 0 radical (unpaired) electrons. The topological polar surface area (TPSA) is 93.2 Å². The van der Waals surface area contributed by atoms with Crippen LogP contribution in [-0.2, 0) is 6.54 Å². The third kappa shape index (κ3) is 3.35. The summed E-state index contributed by atoms with van der Waals surface area (Å²) in [6.45, 7) is 0.295. The lowest BCUT2D eigenvalue weighted by molar-refractivity contribution is 0.251. The van der Waals surface area contributed by atoms with Crippen LogP contribution < -0.4 is 10.6 Å². The number of urea groups is 1. The Kier molecular flexibility index (Phi) is 3.88. The molecule has 0 spiro atoms. The van der Waals surface area contributed by atoms with E-state index < -0.39 is 0 Å². The van der Waals surface area contributed by atoms with E-state index in [0.29, 0.717) is 23.8 Å². The van der Waals surface area contributed by atoms with Crippen molar-refractivity contribution >= 4 is 22.8 Å². The quantitative estimate of drug-likeness (QED) is 0.592. The van der Waals surface area contributed by atoms with Gasteiger partial charge in [0, 0.05) is 17.3 Å². The molecule has 0 bridgehead atoms. The number of fused-ring (bicyclic) bond motifs is 1. The SMILES string of the molecule is O=C(NCc1ccon1)Nc1ccc(-c2nc3ccccc3o2)cc1. The number of para-hydroxylation sites is 2. The molecule has 2 amide bonds. The van der Waals surface area contributed by atoms with Crippen molar-refractivity contribution in [3.8, 4) is 11.5 Å². The first-order chi connectivity index (χ1) is 12.3. The molecule has 4 aromatic rings. The lowest BCUT2D eigenvalue weighted by Gasteiger charge is -2.06. The van der Waals surface area contributed by atoms with Crippen LogP contribution in [0.1, 0.15) is 5.69 Å². The molecule has 2 aromatic heterocycles. The number of aromatic nitrogens is 2. The molecule has 25 heavy (non-hydrogen) atoms. The molecule has 2 N–H and O–H groups in total. The van der Waals surface area contributed by atoms with Gasteiger partial charge in [0.25, 0.3) is 0 Å². The molecular formula is C18H14N4O3. The van der Waals surface area contributed by atoms with Crippen molar-refractivity contribution in [3.63, 3.8) is 0 Å². The summed E-state index contributed by atoms with van der Waals surface area (Å²) in [7, 11) is 0. The maximum Gasteiger partial charge on any atom is 0.319 e. The van der Waals surface area contributed by atoms with E-state index >= 15 is 0 Å². The highest BCUT2D eigenvalue weighted by Gasteiger charge is 2.08. The predicted molar refractivity (Wildman–Crippen MR) is 91.8 cm³/mol. The first-order valence-corrected chi connectivity index (χ1v) is 7.68. The number of benzene rings is 2. The number of nitrogens with zero attached hydrogens (tertiary/aromatic N) is 2. The molecular weight excluding hydrogens is 320 g/mol. The smallest absolute Gasteiger partial charge is 0.319 e. The number of hydrogen-bond acceptors (Lipinski definition) is 5. The van der Waals surface area contributed by atoms with Gasteiger partial charge < -0.3 is 19.6 Å². The summed E-state index contributed by atoms with van der Waals surface area (Å²) in [4.78, 5) is 16.3. The van der Waals surface area contributed by atoms with E-state index in [9.17, 15) is 4.79 Å². The molecule has 0 fully saturated rings. The molecule has 0 aliphatic carbocycles. The number of anilines is 1. The zero-order valence-corrected chi connectivity index (χ0v) is 13.1. The molecule has 0 unspecified atom stereocenters. The summed E-state index contributed by atoms with van der Waals surface area (Å²) in [5.74, 6) is 0.545. The Morgan fingerprint density at radius 1 is 1.04 bits per heavy atom. The van der Waals surface area contributed by atoms with Gasteiger partial charge in [-0.15, -0.1) is 0 Å². The zero-order chi connectivity index (χ0) is 17.1. The van der Waals surface area contributed by atoms with Gasteiger partial charge in [0.05, 0.1) is 6.54 Å². The van der Waals surface area contributed by atoms with Crippen LogP contribution in [0.15, 0.2) is 69.8 Å². The number of amides is 2. The van der Waals surface area contributed by atoms with Crippen LogP contribution in [0, 0.1) is 0 Å². The molecule has 7 nitrogen and oxygen atoms in total. The molecule has 0 aliphatic rings. The number of rotatable bonds is 4. The highest BCUT2D eigenvalue weighted by Crippen LogP contribution is 2.25. The van der Waals surface area contributed by atoms with E-state index in [1.807, 2.05) is 36.4 Å². The summed E-state index contributed by atoms with van der Waals surface area (Å²) in [6, 6.07) is 16.2. The molecule has 2 aromatic carbocycles. The van der Waals surface area contributed by atoms with Gasteiger partial charge in [-0.25, -0.2) is 9.78 Å². The van der Waals surface area contributed by atoms with Crippen molar-refractivity contribution in [2.24, 2.45) is 0 Å². The fraction of sp³-hybridized carbons (Fsp3) is 0.0556. The van der Waals surface area contributed by atoms with E-state index in [0.717, 1.165) is 16.7 Å². The van der Waals surface area contributed by atoms with Crippen molar-refractivity contribution in [2.75, 3.05) is 5.32 Å². The van der Waals surface area contributed by atoms with Crippen molar-refractivity contribution in [3.05, 3.63) is 66.6 Å². The van der Waals surface area contributed by atoms with Crippen molar-refractivity contribution in [1.29, 1.82) is 0 Å². The minimum Gasteiger partial charge on any atom is -0.436 e. The Labute approximate surface area is 142 Å². The van der Waals surface area contributed by atoms with Gasteiger partial charge in [-0.2, -0.15) is 0 Å². The Balaban J connectivity index is 1.42. The standard InChI is InChI=1S/C18H14N4O3/c23-18(19-11-14-9-10-24-22-14)20-13-7-5-12(6-8-13)17-21-15-3-1-2-4-16(15)25-17/h1-10H,11H2,(H2,19,20,23). The van der Waals surface area contributed by atoms with Crippen LogP contribution in [0.3, 0.4) is 0 Å². The maximum atomic E-state index is 11.9. The molecule has 0 aliphatic heterocycles. The van der Waals surface area contributed by atoms with E-state index in [1.54, 1.807) is 18.2 Å². The monoisotopic (exact) mass is 334 g/mol. The first-order valence-electron chi connectivity index (χ1n) is 7.68. The third-order valence-electron chi connectivity index (χ3n) is 3.60. The van der Waals surface area contributed by atoms with Gasteiger partial charge in [-0.05, 0) is 36.4 Å². The second kappa shape index (κ2) is 6.48. The van der Waals surface area contributed by atoms with Crippen molar-refractivity contribution in [2.45, 2.75) is 6.54 Å². The van der Waals surface area contributed by atoms with Gasteiger partial charge >= 0.3 is 6.03 Å². The van der Waals surface area contributed by atoms with Crippen LogP contribution in [0.4, 0.5) is 10.5 Å². The fourth-order valence-corrected chi connectivity index (χ4v) is 2.37. The summed E-state index contributed by atoms with van der Waals surface area (Å²) in [6.07, 6.45) is 1.46. The van der Waals surface area contributed by atoms with Gasteiger partial charge in [-0.1, -0.05) is 17.3 Å². The van der Waals surface area contributed by atoms with Crippen LogP contribution in [-0.4, -0.2) is 16.2 Å². The van der Waals surface area contributed by atoms with E-state index in [4.69, 9.17) is 8.94 Å². The lowest BCUT2D eigenvalue weighted by atomic mass is 10.2. The van der Waals surface area contributed by atoms with Gasteiger partial charge in [0.1, 0.15) is 17.5 Å². The van der Waals surface area contributed by atoms with Gasteiger partial charge in [-0.3, -0.25) is 0 Å². The molecule has 0 atom stereocenters. The molecule has 0 saturated carbocycles. The number of oxazole rings is 1. The van der Waals surface area contributed by atoms with Crippen LogP contribution >= 0.6 is 0 Å². The highest BCUT2D eigenvalue weighted by atomic mass is 16.5. The van der Waals surface area contributed by atoms with Crippen molar-refractivity contribution in [1.82, 2.24) is 15.5 Å². The first kappa shape index (κ1) is 14.9. The molecule has 0 saturated heterocycles. The largest absolute Gasteiger partial charge is 0.436 e. The number of carbonyl (C=O) groups excluding carboxylic acids is 1. The fourth-order valence-electron chi connectivity index (χ4n) is 2.37. The van der Waals surface area contributed by atoms with Crippen LogP contribution in [0.25, 0.3) is 22.6 Å². The predicted octanol–water partition coefficient (Wildman–Crippen LogP) is 3.80. The summed E-state index contributed by atoms with van der Waals surface area (Å²) >= 11 is 0. The summed E-state index contributed by atoms with van der Waals surface area (Å²) in [5.41, 5.74) is 3.71. The average Bonchev–Trinajstić information content (AvgIpc) is 3.30. The minimum absolute atomic E-state index is 0.295. The maximum absolute atomic E-state index is 11.9. The zero-order valence-electron chi connectivity index (χ0n) is 13.1. The molecule has 124 valence electrons. The summed E-state index contributed by atoms with van der Waals surface area (Å²) < 4.78 is 10.4. The average molecular weight is 334 g/mol. The lowest BCUT2D eigenvalue weighted by Crippen LogP contribution is -2.28. The normalized spacial score (nSPS) is 10.7. The van der Waals surface area contributed by atoms with E-state index in [-0.39, 0.29) is 6.03 Å². The highest BCUT2D eigenvalue weighted by molar-refractivity contribution is 5.89. The Morgan fingerprint density at radius 3 is 2.64 bits per heavy atom. The minimum atomic E-state index is -0.322. The molecule has 2 heterocycles. The van der Waals surface area contributed by atoms with E-state index in [1.165, 1.54) is 6.26 Å². The van der Waals surface area contributed by atoms with Crippen LogP contribution in [0.5, 0.6) is 0 Å². The van der Waals surface area contributed by atoms with Gasteiger partial charge in [0.15, 0.2) is 5.58 Å². The third-order valence-corrected chi connectivity index (χ3v) is 3.60. The van der Waals surface area contributed by atoms with Gasteiger partial charge in [0.2, 0.25) is 5.89 Å². The van der Waals surface area contributed by atoms with E-state index in [2.05, 4.69) is 20.8 Å².